The van der Waals surface area contributed by atoms with E-state index in [1.165, 1.54) is 0 Å². The van der Waals surface area contributed by atoms with E-state index >= 15 is 0 Å². The Labute approximate surface area is 110 Å². The highest BCUT2D eigenvalue weighted by molar-refractivity contribution is 9.10. The molecule has 0 N–H and O–H groups in total. The lowest BCUT2D eigenvalue weighted by molar-refractivity contribution is 0.112. The van der Waals surface area contributed by atoms with Crippen LogP contribution in [-0.2, 0) is 0 Å². The minimum Gasteiger partial charge on any atom is -0.490 e. The lowest BCUT2D eigenvalue weighted by atomic mass is 10.2. The van der Waals surface area contributed by atoms with Crippen molar-refractivity contribution in [3.63, 3.8) is 0 Å². The second-order valence-electron chi connectivity index (χ2n) is 3.71. The fraction of sp³-hybridized carbons (Fsp3) is 0.462. The summed E-state index contributed by atoms with van der Waals surface area (Å²) in [4.78, 5) is 10.8. The van der Waals surface area contributed by atoms with Crippen LogP contribution >= 0.6 is 15.9 Å². The highest BCUT2D eigenvalue weighted by Gasteiger charge is 2.12. The van der Waals surface area contributed by atoms with Crippen LogP contribution in [0.5, 0.6) is 11.5 Å². The van der Waals surface area contributed by atoms with Gasteiger partial charge in [0.25, 0.3) is 0 Å². The van der Waals surface area contributed by atoms with E-state index in [0.717, 1.165) is 12.7 Å². The molecule has 0 aliphatic heterocycles. The molecule has 4 heteroatoms. The van der Waals surface area contributed by atoms with Gasteiger partial charge in [-0.15, -0.1) is 0 Å². The van der Waals surface area contributed by atoms with Gasteiger partial charge in [0, 0.05) is 10.0 Å². The van der Waals surface area contributed by atoms with Crippen molar-refractivity contribution >= 4 is 22.2 Å². The molecule has 1 rings (SSSR count). The van der Waals surface area contributed by atoms with Gasteiger partial charge in [0.2, 0.25) is 0 Å². The van der Waals surface area contributed by atoms with E-state index in [1.807, 2.05) is 13.8 Å². The third-order valence-electron chi connectivity index (χ3n) is 2.39. The molecule has 0 bridgehead atoms. The number of hydrogen-bond acceptors (Lipinski definition) is 3. The smallest absolute Gasteiger partial charge is 0.162 e. The minimum atomic E-state index is 0.114. The lowest BCUT2D eigenvalue weighted by Crippen LogP contribution is -2.11. The maximum absolute atomic E-state index is 10.8. The van der Waals surface area contributed by atoms with Crippen molar-refractivity contribution < 1.29 is 14.3 Å². The van der Waals surface area contributed by atoms with Crippen LogP contribution in [0.2, 0.25) is 0 Å². The van der Waals surface area contributed by atoms with E-state index in [2.05, 4.69) is 22.9 Å². The van der Waals surface area contributed by atoms with Gasteiger partial charge in [-0.1, -0.05) is 6.92 Å². The normalized spacial score (nSPS) is 12.0. The zero-order valence-corrected chi connectivity index (χ0v) is 11.9. The molecule has 3 nitrogen and oxygen atoms in total. The summed E-state index contributed by atoms with van der Waals surface area (Å²) in [5.41, 5.74) is 0.560. The SMILES string of the molecule is CCOc1cc(C=O)c(Br)cc1O[C@H](C)CC. The van der Waals surface area contributed by atoms with E-state index in [1.54, 1.807) is 12.1 Å². The molecule has 0 aromatic heterocycles. The Hall–Kier alpha value is -1.03. The molecule has 1 aromatic carbocycles. The van der Waals surface area contributed by atoms with Crippen LogP contribution < -0.4 is 9.47 Å². The first-order valence-electron chi connectivity index (χ1n) is 5.70. The Morgan fingerprint density at radius 2 is 2.06 bits per heavy atom. The number of carbonyl (C=O) groups excluding carboxylic acids is 1. The average Bonchev–Trinajstić information content (AvgIpc) is 2.32. The first kappa shape index (κ1) is 14.0. The number of rotatable bonds is 6. The Morgan fingerprint density at radius 1 is 1.35 bits per heavy atom. The van der Waals surface area contributed by atoms with Crippen LogP contribution in [0.25, 0.3) is 0 Å². The molecule has 17 heavy (non-hydrogen) atoms. The molecule has 1 atom stereocenters. The summed E-state index contributed by atoms with van der Waals surface area (Å²) in [5, 5.41) is 0. The maximum Gasteiger partial charge on any atom is 0.162 e. The molecule has 0 aliphatic carbocycles. The molecule has 0 radical (unpaired) electrons. The van der Waals surface area contributed by atoms with E-state index in [-0.39, 0.29) is 6.10 Å². The Morgan fingerprint density at radius 3 is 2.59 bits per heavy atom. The number of benzene rings is 1. The third kappa shape index (κ3) is 3.73. The van der Waals surface area contributed by atoms with Gasteiger partial charge in [0.05, 0.1) is 12.7 Å². The molecular weight excluding hydrogens is 284 g/mol. The predicted molar refractivity (Wildman–Crippen MR) is 71.1 cm³/mol. The highest BCUT2D eigenvalue weighted by Crippen LogP contribution is 2.34. The molecule has 0 spiro atoms. The number of halogens is 1. The standard InChI is InChI=1S/C13H17BrO3/c1-4-9(3)17-13-7-11(14)10(8-15)6-12(13)16-5-2/h6-9H,4-5H2,1-3H3/t9-/m1/s1. The molecule has 94 valence electrons. The van der Waals surface area contributed by atoms with Gasteiger partial charge in [-0.05, 0) is 48.3 Å². The molecule has 0 heterocycles. The van der Waals surface area contributed by atoms with Gasteiger partial charge >= 0.3 is 0 Å². The molecule has 0 fully saturated rings. The molecule has 1 aromatic rings. The number of ether oxygens (including phenoxy) is 2. The van der Waals surface area contributed by atoms with Crippen LogP contribution in [0.3, 0.4) is 0 Å². The topological polar surface area (TPSA) is 35.5 Å². The summed E-state index contributed by atoms with van der Waals surface area (Å²) in [6.07, 6.45) is 1.82. The quantitative estimate of drug-likeness (QED) is 0.749. The van der Waals surface area contributed by atoms with Gasteiger partial charge in [0.1, 0.15) is 0 Å². The zero-order chi connectivity index (χ0) is 12.8. The minimum absolute atomic E-state index is 0.114. The Bertz CT molecular complexity index is 390. The van der Waals surface area contributed by atoms with Crippen molar-refractivity contribution in [1.29, 1.82) is 0 Å². The zero-order valence-electron chi connectivity index (χ0n) is 10.3. The maximum atomic E-state index is 10.8. The van der Waals surface area contributed by atoms with Gasteiger partial charge in [0.15, 0.2) is 17.8 Å². The molecule has 0 saturated heterocycles. The summed E-state index contributed by atoms with van der Waals surface area (Å²) in [5.74, 6) is 1.27. The number of aldehydes is 1. The summed E-state index contributed by atoms with van der Waals surface area (Å²) < 4.78 is 11.9. The van der Waals surface area contributed by atoms with Crippen LogP contribution in [0.1, 0.15) is 37.6 Å². The molecular formula is C13H17BrO3. The number of carbonyl (C=O) groups is 1. The summed E-state index contributed by atoms with van der Waals surface area (Å²) in [7, 11) is 0. The van der Waals surface area contributed by atoms with Crippen LogP contribution in [0.4, 0.5) is 0 Å². The Kier molecular flexibility index (Phi) is 5.48. The first-order valence-corrected chi connectivity index (χ1v) is 6.49. The molecule has 0 unspecified atom stereocenters. The Balaban J connectivity index is 3.08. The van der Waals surface area contributed by atoms with E-state index < -0.39 is 0 Å². The third-order valence-corrected chi connectivity index (χ3v) is 3.08. The highest BCUT2D eigenvalue weighted by atomic mass is 79.9. The molecule has 0 aliphatic rings. The first-order chi connectivity index (χ1) is 8.12. The van der Waals surface area contributed by atoms with Crippen molar-refractivity contribution in [3.05, 3.63) is 22.2 Å². The fourth-order valence-corrected chi connectivity index (χ4v) is 1.72. The monoisotopic (exact) mass is 300 g/mol. The predicted octanol–water partition coefficient (Wildman–Crippen LogP) is 3.84. The van der Waals surface area contributed by atoms with Crippen LogP contribution in [-0.4, -0.2) is 19.0 Å². The van der Waals surface area contributed by atoms with Gasteiger partial charge in [-0.25, -0.2) is 0 Å². The van der Waals surface area contributed by atoms with Crippen molar-refractivity contribution in [2.45, 2.75) is 33.3 Å². The molecule has 0 amide bonds. The van der Waals surface area contributed by atoms with Crippen LogP contribution in [0.15, 0.2) is 16.6 Å². The fourth-order valence-electron chi connectivity index (χ4n) is 1.30. The van der Waals surface area contributed by atoms with Gasteiger partial charge in [-0.2, -0.15) is 0 Å². The van der Waals surface area contributed by atoms with E-state index in [9.17, 15) is 4.79 Å². The largest absolute Gasteiger partial charge is 0.490 e. The van der Waals surface area contributed by atoms with E-state index in [0.29, 0.717) is 28.1 Å². The van der Waals surface area contributed by atoms with Crippen LogP contribution in [0, 0.1) is 0 Å². The van der Waals surface area contributed by atoms with E-state index in [4.69, 9.17) is 9.47 Å². The summed E-state index contributed by atoms with van der Waals surface area (Å²) >= 11 is 3.34. The van der Waals surface area contributed by atoms with Crippen molar-refractivity contribution in [1.82, 2.24) is 0 Å². The van der Waals surface area contributed by atoms with Crippen molar-refractivity contribution in [3.8, 4) is 11.5 Å². The molecule has 0 saturated carbocycles. The second-order valence-corrected chi connectivity index (χ2v) is 4.56. The average molecular weight is 301 g/mol. The number of hydrogen-bond donors (Lipinski definition) is 0. The summed E-state index contributed by atoms with van der Waals surface area (Å²) in [6, 6.07) is 3.47. The second kappa shape index (κ2) is 6.64. The van der Waals surface area contributed by atoms with Gasteiger partial charge < -0.3 is 9.47 Å². The van der Waals surface area contributed by atoms with Crippen molar-refractivity contribution in [2.24, 2.45) is 0 Å². The lowest BCUT2D eigenvalue weighted by Gasteiger charge is -2.17. The van der Waals surface area contributed by atoms with Crippen molar-refractivity contribution in [2.75, 3.05) is 6.61 Å². The van der Waals surface area contributed by atoms with Gasteiger partial charge in [-0.3, -0.25) is 4.79 Å². The summed E-state index contributed by atoms with van der Waals surface area (Å²) in [6.45, 7) is 6.49.